The Bertz CT molecular complexity index is 1170. The van der Waals surface area contributed by atoms with Crippen molar-refractivity contribution in [3.05, 3.63) is 71.0 Å². The molecule has 1 amide bonds. The molecule has 1 aromatic carbocycles. The molecule has 184 valence electrons. The van der Waals surface area contributed by atoms with Gasteiger partial charge in [0.25, 0.3) is 5.91 Å². The van der Waals surface area contributed by atoms with Crippen LogP contribution in [-0.4, -0.2) is 67.3 Å². The summed E-state index contributed by atoms with van der Waals surface area (Å²) in [5, 5.41) is 6.22. The van der Waals surface area contributed by atoms with Gasteiger partial charge >= 0.3 is 0 Å². The van der Waals surface area contributed by atoms with E-state index in [9.17, 15) is 9.18 Å². The predicted octanol–water partition coefficient (Wildman–Crippen LogP) is 3.24. The quantitative estimate of drug-likeness (QED) is 0.470. The Morgan fingerprint density at radius 3 is 2.77 bits per heavy atom. The van der Waals surface area contributed by atoms with E-state index in [1.807, 2.05) is 32.2 Å². The van der Waals surface area contributed by atoms with Crippen LogP contribution in [0.3, 0.4) is 0 Å². The molecule has 0 unspecified atom stereocenters. The Kier molecular flexibility index (Phi) is 6.69. The first kappa shape index (κ1) is 23.7. The number of ether oxygens (including phenoxy) is 2. The van der Waals surface area contributed by atoms with E-state index in [0.29, 0.717) is 22.6 Å². The molecule has 2 N–H and O–H groups in total. The number of anilines is 1. The number of carbonyl (C=O) groups is 1. The van der Waals surface area contributed by atoms with E-state index in [1.165, 1.54) is 12.1 Å². The number of halogens is 1. The van der Waals surface area contributed by atoms with Crippen molar-refractivity contribution in [2.45, 2.75) is 25.9 Å². The fourth-order valence-corrected chi connectivity index (χ4v) is 4.74. The van der Waals surface area contributed by atoms with E-state index < -0.39 is 11.4 Å². The molecule has 4 heterocycles. The van der Waals surface area contributed by atoms with Gasteiger partial charge in [-0.3, -0.25) is 14.7 Å². The van der Waals surface area contributed by atoms with Gasteiger partial charge in [-0.15, -0.1) is 0 Å². The van der Waals surface area contributed by atoms with Gasteiger partial charge in [0.2, 0.25) is 0 Å². The minimum absolute atomic E-state index is 0.288. The van der Waals surface area contributed by atoms with Gasteiger partial charge in [-0.05, 0) is 44.2 Å². The van der Waals surface area contributed by atoms with Crippen molar-refractivity contribution in [3.8, 4) is 0 Å². The van der Waals surface area contributed by atoms with Crippen LogP contribution in [0.1, 0.15) is 30.7 Å². The zero-order valence-electron chi connectivity index (χ0n) is 20.2. The third-order valence-corrected chi connectivity index (χ3v) is 6.66. The number of aromatic nitrogens is 1. The Morgan fingerprint density at radius 1 is 1.17 bits per heavy atom. The molecule has 3 aliphatic rings. The summed E-state index contributed by atoms with van der Waals surface area (Å²) in [6.07, 6.45) is 4.62. The Hall–Kier alpha value is -3.07. The van der Waals surface area contributed by atoms with Crippen molar-refractivity contribution in [1.29, 1.82) is 0 Å². The summed E-state index contributed by atoms with van der Waals surface area (Å²) in [5.41, 5.74) is 3.83. The van der Waals surface area contributed by atoms with E-state index in [-0.39, 0.29) is 5.91 Å². The van der Waals surface area contributed by atoms with Gasteiger partial charge in [-0.25, -0.2) is 4.39 Å². The van der Waals surface area contributed by atoms with Gasteiger partial charge in [0.05, 0.1) is 24.5 Å². The second-order valence-electron chi connectivity index (χ2n) is 9.55. The lowest BCUT2D eigenvalue weighted by atomic mass is 9.93. The number of nitrogens with zero attached hydrogens (tertiary/aromatic N) is 2. The highest BCUT2D eigenvalue weighted by atomic mass is 19.1. The molecule has 0 bridgehead atoms. The Labute approximate surface area is 205 Å². The van der Waals surface area contributed by atoms with Gasteiger partial charge in [0.15, 0.2) is 0 Å². The lowest BCUT2D eigenvalue weighted by molar-refractivity contribution is -0.111. The van der Waals surface area contributed by atoms with Gasteiger partial charge in [-0.1, -0.05) is 6.07 Å². The van der Waals surface area contributed by atoms with Gasteiger partial charge < -0.3 is 20.1 Å². The van der Waals surface area contributed by atoms with Crippen molar-refractivity contribution in [1.82, 2.24) is 15.2 Å². The van der Waals surface area contributed by atoms with Crippen LogP contribution in [0.2, 0.25) is 0 Å². The largest absolute Gasteiger partial charge is 0.482 e. The van der Waals surface area contributed by atoms with Crippen molar-refractivity contribution in [2.24, 2.45) is 0 Å². The molecule has 0 atom stereocenters. The van der Waals surface area contributed by atoms with E-state index in [2.05, 4.69) is 26.6 Å². The van der Waals surface area contributed by atoms with Crippen LogP contribution in [0.25, 0.3) is 11.1 Å². The zero-order valence-corrected chi connectivity index (χ0v) is 20.2. The molecule has 0 aliphatic carbocycles. The third kappa shape index (κ3) is 5.15. The van der Waals surface area contributed by atoms with Gasteiger partial charge in [0.1, 0.15) is 17.2 Å². The SMILES string of the molecule is CC1(C)O/C(=C2/C(=O)Nc3cc(F)ccc32)C=C1c1ccc(CCNCCN2CCOCC2)nc1. The van der Waals surface area contributed by atoms with Crippen LogP contribution >= 0.6 is 0 Å². The molecule has 1 aromatic heterocycles. The topological polar surface area (TPSA) is 75.7 Å². The Morgan fingerprint density at radius 2 is 2.00 bits per heavy atom. The highest BCUT2D eigenvalue weighted by Gasteiger charge is 2.38. The van der Waals surface area contributed by atoms with Gasteiger partial charge in [0, 0.05) is 67.7 Å². The highest BCUT2D eigenvalue weighted by molar-refractivity contribution is 6.32. The molecule has 3 aliphatic heterocycles. The summed E-state index contributed by atoms with van der Waals surface area (Å²) in [5.74, 6) is -0.192. The molecule has 1 fully saturated rings. The standard InChI is InChI=1S/C27H31FN4O3/c1-27(2)22(16-24(35-27)25-21-6-4-19(28)15-23(21)31-26(25)33)18-3-5-20(30-17-18)7-8-29-9-10-32-11-13-34-14-12-32/h3-6,15-17,29H,7-14H2,1-2H3,(H,31,33)/b25-24+. The molecule has 7 nitrogen and oxygen atoms in total. The summed E-state index contributed by atoms with van der Waals surface area (Å²) in [7, 11) is 0. The van der Waals surface area contributed by atoms with Crippen LogP contribution in [0, 0.1) is 5.82 Å². The second-order valence-corrected chi connectivity index (χ2v) is 9.55. The third-order valence-electron chi connectivity index (χ3n) is 6.66. The monoisotopic (exact) mass is 478 g/mol. The lowest BCUT2D eigenvalue weighted by Gasteiger charge is -2.26. The summed E-state index contributed by atoms with van der Waals surface area (Å²) in [4.78, 5) is 19.7. The molecule has 2 aromatic rings. The number of pyridine rings is 1. The Balaban J connectivity index is 1.24. The van der Waals surface area contributed by atoms with E-state index in [4.69, 9.17) is 9.47 Å². The fourth-order valence-electron chi connectivity index (χ4n) is 4.74. The molecular formula is C27H31FN4O3. The molecule has 0 radical (unpaired) electrons. The number of morpholine rings is 1. The number of nitrogens with one attached hydrogen (secondary N) is 2. The van der Waals surface area contributed by atoms with Crippen molar-refractivity contribution in [2.75, 3.05) is 51.3 Å². The first-order valence-electron chi connectivity index (χ1n) is 12.1. The maximum absolute atomic E-state index is 13.6. The van der Waals surface area contributed by atoms with Crippen LogP contribution in [0.5, 0.6) is 0 Å². The summed E-state index contributed by atoms with van der Waals surface area (Å²) >= 11 is 0. The zero-order chi connectivity index (χ0) is 24.4. The van der Waals surface area contributed by atoms with Crippen LogP contribution in [0.4, 0.5) is 10.1 Å². The summed E-state index contributed by atoms with van der Waals surface area (Å²) in [6, 6.07) is 8.38. The van der Waals surface area contributed by atoms with Crippen LogP contribution < -0.4 is 10.6 Å². The number of hydrogen-bond donors (Lipinski definition) is 2. The number of carbonyl (C=O) groups excluding carboxylic acids is 1. The summed E-state index contributed by atoms with van der Waals surface area (Å²) < 4.78 is 25.2. The number of rotatable bonds is 7. The molecule has 5 rings (SSSR count). The molecular weight excluding hydrogens is 447 g/mol. The second kappa shape index (κ2) is 9.89. The first-order chi connectivity index (χ1) is 16.9. The van der Waals surface area contributed by atoms with E-state index in [0.717, 1.165) is 69.2 Å². The van der Waals surface area contributed by atoms with Crippen LogP contribution in [-0.2, 0) is 20.7 Å². The van der Waals surface area contributed by atoms with Crippen molar-refractivity contribution in [3.63, 3.8) is 0 Å². The maximum atomic E-state index is 13.6. The minimum atomic E-state index is -0.629. The molecule has 0 saturated carbocycles. The van der Waals surface area contributed by atoms with Crippen molar-refractivity contribution < 1.29 is 18.7 Å². The fraction of sp³-hybridized carbons (Fsp3) is 0.407. The lowest BCUT2D eigenvalue weighted by Crippen LogP contribution is -2.40. The first-order valence-corrected chi connectivity index (χ1v) is 12.1. The molecule has 8 heteroatoms. The molecule has 35 heavy (non-hydrogen) atoms. The molecule has 1 saturated heterocycles. The average Bonchev–Trinajstić information content (AvgIpc) is 3.33. The highest BCUT2D eigenvalue weighted by Crippen LogP contribution is 2.44. The number of benzene rings is 1. The average molecular weight is 479 g/mol. The number of hydrogen-bond acceptors (Lipinski definition) is 6. The number of allylic oxidation sites excluding steroid dienone is 1. The smallest absolute Gasteiger partial charge is 0.260 e. The maximum Gasteiger partial charge on any atom is 0.260 e. The van der Waals surface area contributed by atoms with Gasteiger partial charge in [-0.2, -0.15) is 0 Å². The van der Waals surface area contributed by atoms with Crippen LogP contribution in [0.15, 0.2) is 48.4 Å². The predicted molar refractivity (Wildman–Crippen MR) is 133 cm³/mol. The molecule has 0 spiro atoms. The summed E-state index contributed by atoms with van der Waals surface area (Å²) in [6.45, 7) is 10.5. The normalized spacial score (nSPS) is 21.5. The van der Waals surface area contributed by atoms with Crippen molar-refractivity contribution >= 4 is 22.7 Å². The van der Waals surface area contributed by atoms with E-state index in [1.54, 1.807) is 6.07 Å². The number of amides is 1. The number of fused-ring (bicyclic) bond motifs is 1. The van der Waals surface area contributed by atoms with E-state index >= 15 is 0 Å². The minimum Gasteiger partial charge on any atom is -0.482 e.